The molecule has 8 heteroatoms. The first-order valence-electron chi connectivity index (χ1n) is 7.89. The van der Waals surface area contributed by atoms with E-state index in [0.29, 0.717) is 17.1 Å². The van der Waals surface area contributed by atoms with Gasteiger partial charge in [0.05, 0.1) is 24.7 Å². The van der Waals surface area contributed by atoms with Crippen molar-refractivity contribution < 1.29 is 22.7 Å². The minimum atomic E-state index is -3.86. The van der Waals surface area contributed by atoms with Gasteiger partial charge in [-0.1, -0.05) is 18.2 Å². The number of carbonyl (C=O) groups excluding carboxylic acids is 1. The van der Waals surface area contributed by atoms with E-state index in [1.54, 1.807) is 25.1 Å². The van der Waals surface area contributed by atoms with E-state index in [0.717, 1.165) is 0 Å². The maximum Gasteiger partial charge on any atom is 0.254 e. The molecular weight excluding hydrogens is 356 g/mol. The molecule has 0 aromatic heterocycles. The van der Waals surface area contributed by atoms with Crippen LogP contribution in [-0.2, 0) is 10.0 Å². The maximum absolute atomic E-state index is 12.8. The van der Waals surface area contributed by atoms with Crippen molar-refractivity contribution in [1.29, 1.82) is 0 Å². The zero-order valence-electron chi connectivity index (χ0n) is 15.1. The Morgan fingerprint density at radius 1 is 1.04 bits per heavy atom. The van der Waals surface area contributed by atoms with Crippen LogP contribution in [0.2, 0.25) is 0 Å². The molecule has 0 saturated heterocycles. The second-order valence-corrected chi connectivity index (χ2v) is 7.24. The summed E-state index contributed by atoms with van der Waals surface area (Å²) < 4.78 is 38.5. The van der Waals surface area contributed by atoms with Crippen LogP contribution in [0.3, 0.4) is 0 Å². The third-order valence-corrected chi connectivity index (χ3v) is 5.43. The molecule has 0 radical (unpaired) electrons. The second-order valence-electron chi connectivity index (χ2n) is 5.53. The molecule has 140 valence electrons. The number of carbonyl (C=O) groups is 1. The van der Waals surface area contributed by atoms with Gasteiger partial charge in [-0.3, -0.25) is 4.79 Å². The average Bonchev–Trinajstić information content (AvgIpc) is 2.66. The highest BCUT2D eigenvalue weighted by atomic mass is 32.2. The number of hydrogen-bond donors (Lipinski definition) is 2. The third-order valence-electron chi connectivity index (χ3n) is 3.89. The van der Waals surface area contributed by atoms with Gasteiger partial charge in [0.1, 0.15) is 11.5 Å². The van der Waals surface area contributed by atoms with Gasteiger partial charge in [-0.2, -0.15) is 0 Å². The van der Waals surface area contributed by atoms with Crippen molar-refractivity contribution in [2.24, 2.45) is 0 Å². The molecule has 0 aliphatic carbocycles. The lowest BCUT2D eigenvalue weighted by molar-refractivity contribution is 0.0960. The highest BCUT2D eigenvalue weighted by Crippen LogP contribution is 2.27. The first-order chi connectivity index (χ1) is 12.3. The maximum atomic E-state index is 12.8. The monoisotopic (exact) mass is 378 g/mol. The van der Waals surface area contributed by atoms with Gasteiger partial charge in [-0.05, 0) is 31.2 Å². The topological polar surface area (TPSA) is 93.7 Å². The van der Waals surface area contributed by atoms with Gasteiger partial charge >= 0.3 is 0 Å². The number of nitrogens with one attached hydrogen (secondary N) is 2. The van der Waals surface area contributed by atoms with Gasteiger partial charge in [-0.25, -0.2) is 13.1 Å². The summed E-state index contributed by atoms with van der Waals surface area (Å²) in [4.78, 5) is 11.9. The minimum Gasteiger partial charge on any atom is -0.496 e. The molecule has 1 unspecified atom stereocenters. The Morgan fingerprint density at radius 3 is 2.31 bits per heavy atom. The summed E-state index contributed by atoms with van der Waals surface area (Å²) in [6, 6.07) is 10.8. The van der Waals surface area contributed by atoms with E-state index in [2.05, 4.69) is 10.0 Å². The fourth-order valence-corrected chi connectivity index (χ4v) is 3.80. The molecule has 26 heavy (non-hydrogen) atoms. The lowest BCUT2D eigenvalue weighted by atomic mass is 10.1. The zero-order valence-corrected chi connectivity index (χ0v) is 15.9. The fourth-order valence-electron chi connectivity index (χ4n) is 2.55. The molecule has 2 aromatic rings. The number of hydrogen-bond acceptors (Lipinski definition) is 5. The Bertz CT molecular complexity index is 896. The molecule has 0 aliphatic rings. The molecule has 2 aromatic carbocycles. The molecule has 0 aliphatic heterocycles. The van der Waals surface area contributed by atoms with Crippen molar-refractivity contribution in [1.82, 2.24) is 10.0 Å². The van der Waals surface area contributed by atoms with Crippen LogP contribution in [-0.4, -0.2) is 35.6 Å². The van der Waals surface area contributed by atoms with Gasteiger partial charge in [-0.15, -0.1) is 0 Å². The van der Waals surface area contributed by atoms with Crippen molar-refractivity contribution in [2.45, 2.75) is 17.9 Å². The molecular formula is C18H22N2O5S. The van der Waals surface area contributed by atoms with E-state index >= 15 is 0 Å². The third kappa shape index (κ3) is 4.14. The number of sulfonamides is 1. The van der Waals surface area contributed by atoms with E-state index in [4.69, 9.17) is 9.47 Å². The van der Waals surface area contributed by atoms with Crippen LogP contribution in [0.5, 0.6) is 11.5 Å². The summed E-state index contributed by atoms with van der Waals surface area (Å²) in [5, 5.41) is 2.47. The molecule has 1 amide bonds. The number of para-hydroxylation sites is 1. The standard InChI is InChI=1S/C18H22N2O5S/c1-12(14-7-5-6-8-16(14)24-3)20-26(22,23)13-9-10-17(25-4)15(11-13)18(21)19-2/h5-12,20H,1-4H3,(H,19,21). The van der Waals surface area contributed by atoms with Crippen LogP contribution < -0.4 is 19.5 Å². The van der Waals surface area contributed by atoms with Crippen LogP contribution in [0, 0.1) is 0 Å². The highest BCUT2D eigenvalue weighted by Gasteiger charge is 2.23. The summed E-state index contributed by atoms with van der Waals surface area (Å²) >= 11 is 0. The summed E-state index contributed by atoms with van der Waals surface area (Å²) in [5.41, 5.74) is 0.849. The van der Waals surface area contributed by atoms with E-state index in [9.17, 15) is 13.2 Å². The van der Waals surface area contributed by atoms with E-state index < -0.39 is 22.0 Å². The van der Waals surface area contributed by atoms with E-state index in [-0.39, 0.29) is 10.5 Å². The first-order valence-corrected chi connectivity index (χ1v) is 9.37. The number of ether oxygens (including phenoxy) is 2. The smallest absolute Gasteiger partial charge is 0.254 e. The second kappa shape index (κ2) is 8.20. The van der Waals surface area contributed by atoms with Crippen LogP contribution in [0.1, 0.15) is 28.9 Å². The van der Waals surface area contributed by atoms with Crippen molar-refractivity contribution in [3.05, 3.63) is 53.6 Å². The molecule has 0 fully saturated rings. The quantitative estimate of drug-likeness (QED) is 0.770. The van der Waals surface area contributed by atoms with Crippen LogP contribution in [0.15, 0.2) is 47.4 Å². The van der Waals surface area contributed by atoms with E-state index in [1.807, 2.05) is 6.07 Å². The highest BCUT2D eigenvalue weighted by molar-refractivity contribution is 7.89. The number of methoxy groups -OCH3 is 2. The van der Waals surface area contributed by atoms with Gasteiger partial charge in [0.25, 0.3) is 5.91 Å². The van der Waals surface area contributed by atoms with E-state index in [1.165, 1.54) is 39.5 Å². The summed E-state index contributed by atoms with van der Waals surface area (Å²) in [7, 11) is 0.542. The minimum absolute atomic E-state index is 0.0290. The van der Waals surface area contributed by atoms with Gasteiger partial charge < -0.3 is 14.8 Å². The lowest BCUT2D eigenvalue weighted by Crippen LogP contribution is -2.28. The normalized spacial score (nSPS) is 12.3. The van der Waals surface area contributed by atoms with Gasteiger partial charge in [0.15, 0.2) is 0 Å². The largest absolute Gasteiger partial charge is 0.496 e. The number of benzene rings is 2. The fraction of sp³-hybridized carbons (Fsp3) is 0.278. The zero-order chi connectivity index (χ0) is 19.3. The molecule has 2 N–H and O–H groups in total. The van der Waals surface area contributed by atoms with Crippen LogP contribution >= 0.6 is 0 Å². The van der Waals surface area contributed by atoms with Crippen molar-refractivity contribution in [3.63, 3.8) is 0 Å². The van der Waals surface area contributed by atoms with Gasteiger partial charge in [0.2, 0.25) is 10.0 Å². The molecule has 0 saturated carbocycles. The molecule has 0 spiro atoms. The van der Waals surface area contributed by atoms with Crippen LogP contribution in [0.25, 0.3) is 0 Å². The Morgan fingerprint density at radius 2 is 1.69 bits per heavy atom. The predicted octanol–water partition coefficient (Wildman–Crippen LogP) is 2.10. The first kappa shape index (κ1) is 19.7. The predicted molar refractivity (Wildman–Crippen MR) is 98.1 cm³/mol. The van der Waals surface area contributed by atoms with Gasteiger partial charge in [0, 0.05) is 18.7 Å². The average molecular weight is 378 g/mol. The lowest BCUT2D eigenvalue weighted by Gasteiger charge is -2.18. The van der Waals surface area contributed by atoms with Crippen molar-refractivity contribution in [3.8, 4) is 11.5 Å². The Balaban J connectivity index is 2.37. The van der Waals surface area contributed by atoms with Crippen LogP contribution in [0.4, 0.5) is 0 Å². The molecule has 1 atom stereocenters. The summed E-state index contributed by atoms with van der Waals surface area (Å²) in [5.74, 6) is 0.446. The number of rotatable bonds is 7. The van der Waals surface area contributed by atoms with Crippen molar-refractivity contribution in [2.75, 3.05) is 21.3 Å². The Hall–Kier alpha value is -2.58. The molecule has 0 heterocycles. The molecule has 7 nitrogen and oxygen atoms in total. The summed E-state index contributed by atoms with van der Waals surface area (Å²) in [6.45, 7) is 1.72. The Labute approximate surface area is 153 Å². The summed E-state index contributed by atoms with van der Waals surface area (Å²) in [6.07, 6.45) is 0. The number of amides is 1. The molecule has 0 bridgehead atoms. The SMILES string of the molecule is CNC(=O)c1cc(S(=O)(=O)NC(C)c2ccccc2OC)ccc1OC. The van der Waals surface area contributed by atoms with Crippen molar-refractivity contribution >= 4 is 15.9 Å². The molecule has 2 rings (SSSR count). The Kier molecular flexibility index (Phi) is 6.23.